The molecule has 0 saturated carbocycles. The van der Waals surface area contributed by atoms with Crippen LogP contribution in [-0.4, -0.2) is 48.3 Å². The molecule has 0 fully saturated rings. The number of hydrogen-bond acceptors (Lipinski definition) is 8. The Labute approximate surface area is 152 Å². The van der Waals surface area contributed by atoms with Crippen molar-refractivity contribution < 1.29 is 38.1 Å². The van der Waals surface area contributed by atoms with Crippen LogP contribution in [-0.2, 0) is 38.1 Å². The van der Waals surface area contributed by atoms with Crippen molar-refractivity contribution in [3.05, 3.63) is 12.2 Å². The molecule has 0 aliphatic carbocycles. The van der Waals surface area contributed by atoms with E-state index in [1.165, 1.54) is 26.8 Å². The maximum Gasteiger partial charge on any atom is 0.330 e. The molecule has 0 spiro atoms. The van der Waals surface area contributed by atoms with Gasteiger partial charge in [0.15, 0.2) is 0 Å². The highest BCUT2D eigenvalue weighted by molar-refractivity contribution is 5.82. The molecule has 0 aromatic carbocycles. The molecule has 0 radical (unpaired) electrons. The zero-order valence-corrected chi connectivity index (χ0v) is 15.6. The van der Waals surface area contributed by atoms with Crippen LogP contribution in [0.15, 0.2) is 12.2 Å². The van der Waals surface area contributed by atoms with E-state index in [2.05, 4.69) is 0 Å². The summed E-state index contributed by atoms with van der Waals surface area (Å²) in [6.45, 7) is 5.54. The van der Waals surface area contributed by atoms with Gasteiger partial charge in [0.25, 0.3) is 0 Å². The Balaban J connectivity index is 2.75. The second-order valence-corrected chi connectivity index (χ2v) is 6.29. The van der Waals surface area contributed by atoms with E-state index in [1.807, 2.05) is 0 Å². The lowest BCUT2D eigenvalue weighted by Gasteiger charge is -2.28. The Morgan fingerprint density at radius 2 is 1.62 bits per heavy atom. The molecule has 1 heterocycles. The quantitative estimate of drug-likeness (QED) is 0.447. The van der Waals surface area contributed by atoms with E-state index in [-0.39, 0.29) is 19.3 Å². The smallest absolute Gasteiger partial charge is 0.330 e. The first-order chi connectivity index (χ1) is 12.2. The molecule has 0 aromatic rings. The molecular formula is C18H26O8. The van der Waals surface area contributed by atoms with Gasteiger partial charge in [-0.05, 0) is 6.92 Å². The first-order valence-corrected chi connectivity index (χ1v) is 8.54. The van der Waals surface area contributed by atoms with Crippen molar-refractivity contribution in [3.63, 3.8) is 0 Å². The monoisotopic (exact) mass is 370 g/mol. The van der Waals surface area contributed by atoms with Gasteiger partial charge in [0, 0.05) is 52.5 Å². The summed E-state index contributed by atoms with van der Waals surface area (Å²) in [6.07, 6.45) is 2.23. The zero-order chi connectivity index (χ0) is 19.7. The van der Waals surface area contributed by atoms with Crippen LogP contribution in [0.5, 0.6) is 0 Å². The van der Waals surface area contributed by atoms with E-state index in [0.29, 0.717) is 6.42 Å². The lowest BCUT2D eigenvalue weighted by Crippen LogP contribution is -2.33. The van der Waals surface area contributed by atoms with E-state index in [9.17, 15) is 19.2 Å². The number of carbonyl (C=O) groups excluding carboxylic acids is 4. The summed E-state index contributed by atoms with van der Waals surface area (Å²) in [6, 6.07) is 0. The van der Waals surface area contributed by atoms with Gasteiger partial charge in [0.1, 0.15) is 24.4 Å². The number of carbonyl (C=O) groups is 4. The minimum absolute atomic E-state index is 0.211. The fraction of sp³-hybridized carbons (Fsp3) is 0.667. The van der Waals surface area contributed by atoms with Gasteiger partial charge in [0.05, 0.1) is 0 Å². The first kappa shape index (κ1) is 21.7. The molecular weight excluding hydrogens is 344 g/mol. The third-order valence-corrected chi connectivity index (χ3v) is 3.61. The van der Waals surface area contributed by atoms with Gasteiger partial charge < -0.3 is 18.9 Å². The average Bonchev–Trinajstić information content (AvgIpc) is 2.44. The summed E-state index contributed by atoms with van der Waals surface area (Å²) >= 11 is 0. The summed E-state index contributed by atoms with van der Waals surface area (Å²) in [4.78, 5) is 45.2. The standard InChI is InChI=1S/C18H26O8/c1-11(23-12(2)19)8-16(24-13(3)20)10-17(25-14(4)21)9-15-6-5-7-18(22)26-15/h5,7,11,15-17H,6,8-10H2,1-4H3/t11-,15+,16-,17-/m0/s1. The molecule has 0 aromatic heterocycles. The van der Waals surface area contributed by atoms with Gasteiger partial charge in [-0.2, -0.15) is 0 Å². The molecule has 0 bridgehead atoms. The van der Waals surface area contributed by atoms with Gasteiger partial charge in [-0.1, -0.05) is 6.08 Å². The van der Waals surface area contributed by atoms with Crippen molar-refractivity contribution in [2.24, 2.45) is 0 Å². The predicted octanol–water partition coefficient (Wildman–Crippen LogP) is 1.84. The predicted molar refractivity (Wildman–Crippen MR) is 89.8 cm³/mol. The summed E-state index contributed by atoms with van der Waals surface area (Å²) < 4.78 is 20.9. The molecule has 1 aliphatic rings. The van der Waals surface area contributed by atoms with Crippen LogP contribution in [0.1, 0.15) is 53.4 Å². The van der Waals surface area contributed by atoms with E-state index < -0.39 is 48.3 Å². The molecule has 8 nitrogen and oxygen atoms in total. The number of esters is 4. The maximum absolute atomic E-state index is 11.4. The molecule has 0 N–H and O–H groups in total. The van der Waals surface area contributed by atoms with Gasteiger partial charge in [0.2, 0.25) is 0 Å². The summed E-state index contributed by atoms with van der Waals surface area (Å²) in [5.74, 6) is -1.85. The van der Waals surface area contributed by atoms with Crippen molar-refractivity contribution in [2.45, 2.75) is 77.8 Å². The Bertz CT molecular complexity index is 553. The molecule has 1 rings (SSSR count). The minimum atomic E-state index is -0.610. The Morgan fingerprint density at radius 1 is 1.04 bits per heavy atom. The van der Waals surface area contributed by atoms with Crippen molar-refractivity contribution >= 4 is 23.9 Å². The van der Waals surface area contributed by atoms with Crippen LogP contribution < -0.4 is 0 Å². The van der Waals surface area contributed by atoms with Crippen LogP contribution in [0.4, 0.5) is 0 Å². The van der Waals surface area contributed by atoms with Crippen LogP contribution >= 0.6 is 0 Å². The normalized spacial score (nSPS) is 19.7. The highest BCUT2D eigenvalue weighted by Gasteiger charge is 2.28. The minimum Gasteiger partial charge on any atom is -0.463 e. The summed E-state index contributed by atoms with van der Waals surface area (Å²) in [5.41, 5.74) is 0. The van der Waals surface area contributed by atoms with Crippen LogP contribution in [0.25, 0.3) is 0 Å². The SMILES string of the molecule is CC(=O)O[C@H](C[C@H](C[C@H](C)OC(C)=O)OC(C)=O)C[C@H]1CC=CC(=O)O1. The third-order valence-electron chi connectivity index (χ3n) is 3.61. The molecule has 26 heavy (non-hydrogen) atoms. The van der Waals surface area contributed by atoms with Gasteiger partial charge in [-0.15, -0.1) is 0 Å². The summed E-state index contributed by atoms with van der Waals surface area (Å²) in [5, 5.41) is 0. The van der Waals surface area contributed by atoms with Gasteiger partial charge in [-0.25, -0.2) is 4.79 Å². The van der Waals surface area contributed by atoms with Crippen LogP contribution in [0.2, 0.25) is 0 Å². The third kappa shape index (κ3) is 9.19. The van der Waals surface area contributed by atoms with Gasteiger partial charge >= 0.3 is 23.9 Å². The van der Waals surface area contributed by atoms with Crippen molar-refractivity contribution in [1.29, 1.82) is 0 Å². The van der Waals surface area contributed by atoms with E-state index >= 15 is 0 Å². The Morgan fingerprint density at radius 3 is 2.15 bits per heavy atom. The van der Waals surface area contributed by atoms with E-state index in [4.69, 9.17) is 18.9 Å². The Hall–Kier alpha value is -2.38. The maximum atomic E-state index is 11.4. The fourth-order valence-electron chi connectivity index (χ4n) is 2.85. The van der Waals surface area contributed by atoms with Crippen molar-refractivity contribution in [1.82, 2.24) is 0 Å². The second-order valence-electron chi connectivity index (χ2n) is 6.29. The zero-order valence-electron chi connectivity index (χ0n) is 15.6. The van der Waals surface area contributed by atoms with Crippen LogP contribution in [0.3, 0.4) is 0 Å². The molecule has 8 heteroatoms. The summed E-state index contributed by atoms with van der Waals surface area (Å²) in [7, 11) is 0. The number of ether oxygens (including phenoxy) is 4. The lowest BCUT2D eigenvalue weighted by atomic mass is 9.99. The molecule has 0 saturated heterocycles. The van der Waals surface area contributed by atoms with Gasteiger partial charge in [-0.3, -0.25) is 14.4 Å². The fourth-order valence-corrected chi connectivity index (χ4v) is 2.85. The van der Waals surface area contributed by atoms with Crippen LogP contribution in [0, 0.1) is 0 Å². The van der Waals surface area contributed by atoms with E-state index in [1.54, 1.807) is 13.0 Å². The van der Waals surface area contributed by atoms with Crippen molar-refractivity contribution in [2.75, 3.05) is 0 Å². The lowest BCUT2D eigenvalue weighted by molar-refractivity contribution is -0.157. The Kier molecular flexibility index (Phi) is 8.81. The highest BCUT2D eigenvalue weighted by Crippen LogP contribution is 2.21. The highest BCUT2D eigenvalue weighted by atomic mass is 16.6. The molecule has 1 aliphatic heterocycles. The van der Waals surface area contributed by atoms with Crippen molar-refractivity contribution in [3.8, 4) is 0 Å². The number of hydrogen-bond donors (Lipinski definition) is 0. The number of rotatable bonds is 9. The largest absolute Gasteiger partial charge is 0.463 e. The molecule has 4 atom stereocenters. The topological polar surface area (TPSA) is 105 Å². The molecule has 0 amide bonds. The van der Waals surface area contributed by atoms with E-state index in [0.717, 1.165) is 0 Å². The molecule has 0 unspecified atom stereocenters. The number of cyclic esters (lactones) is 1. The average molecular weight is 370 g/mol. The molecule has 146 valence electrons. The first-order valence-electron chi connectivity index (χ1n) is 8.54. The second kappa shape index (κ2) is 10.6.